The maximum Gasteiger partial charge on any atom is 0.342 e. The van der Waals surface area contributed by atoms with E-state index in [2.05, 4.69) is 15.9 Å². The van der Waals surface area contributed by atoms with E-state index in [0.717, 1.165) is 0 Å². The van der Waals surface area contributed by atoms with Crippen molar-refractivity contribution < 1.29 is 34.4 Å². The van der Waals surface area contributed by atoms with Crippen LogP contribution in [0.4, 0.5) is 0 Å². The Morgan fingerprint density at radius 1 is 1.21 bits per heavy atom. The number of hydrogen-bond donors (Lipinski definition) is 3. The van der Waals surface area contributed by atoms with Gasteiger partial charge in [0.05, 0.1) is 17.7 Å². The zero-order valence-corrected chi connectivity index (χ0v) is 17.3. The summed E-state index contributed by atoms with van der Waals surface area (Å²) >= 11 is 3.35. The molecule has 0 fully saturated rings. The smallest absolute Gasteiger partial charge is 0.342 e. The highest BCUT2D eigenvalue weighted by Crippen LogP contribution is 2.38. The van der Waals surface area contributed by atoms with E-state index >= 15 is 0 Å². The van der Waals surface area contributed by atoms with Crippen LogP contribution in [0.15, 0.2) is 28.8 Å². The summed E-state index contributed by atoms with van der Waals surface area (Å²) in [6, 6.07) is 1.30. The van der Waals surface area contributed by atoms with Gasteiger partial charge < -0.3 is 24.8 Å². The molecule has 1 aliphatic heterocycles. The maximum absolute atomic E-state index is 12.7. The highest BCUT2D eigenvalue weighted by atomic mass is 79.9. The summed E-state index contributed by atoms with van der Waals surface area (Å²) in [5.41, 5.74) is 0.234. The van der Waals surface area contributed by atoms with Gasteiger partial charge in [0.25, 0.3) is 0 Å². The van der Waals surface area contributed by atoms with Crippen LogP contribution in [0.2, 0.25) is 0 Å². The number of hydrogen-bond acceptors (Lipinski definition) is 7. The molecule has 0 spiro atoms. The van der Waals surface area contributed by atoms with Crippen molar-refractivity contribution in [3.05, 3.63) is 39.9 Å². The van der Waals surface area contributed by atoms with E-state index in [1.807, 2.05) is 0 Å². The van der Waals surface area contributed by atoms with Crippen molar-refractivity contribution in [3.8, 4) is 11.5 Å². The van der Waals surface area contributed by atoms with Crippen LogP contribution in [0.5, 0.6) is 11.5 Å². The number of aliphatic hydroxyl groups excluding tert-OH is 2. The zero-order valence-electron chi connectivity index (χ0n) is 15.8. The highest BCUT2D eigenvalue weighted by Gasteiger charge is 2.26. The lowest BCUT2D eigenvalue weighted by molar-refractivity contribution is -0.127. The van der Waals surface area contributed by atoms with Gasteiger partial charge in [0.15, 0.2) is 5.78 Å². The number of esters is 1. The molecule has 0 aromatic heterocycles. The predicted molar refractivity (Wildman–Crippen MR) is 106 cm³/mol. The summed E-state index contributed by atoms with van der Waals surface area (Å²) < 4.78 is 11.1. The Balaban J connectivity index is 2.58. The number of cyclic esters (lactones) is 1. The van der Waals surface area contributed by atoms with Crippen LogP contribution < -0.4 is 4.74 Å². The molecule has 1 aromatic carbocycles. The molecule has 1 heterocycles. The van der Waals surface area contributed by atoms with Gasteiger partial charge in [-0.05, 0) is 35.4 Å². The van der Waals surface area contributed by atoms with Crippen LogP contribution in [0, 0.1) is 5.92 Å². The number of aromatic hydroxyl groups is 1. The lowest BCUT2D eigenvalue weighted by atomic mass is 9.99. The topological polar surface area (TPSA) is 113 Å². The lowest BCUT2D eigenvalue weighted by Crippen LogP contribution is -2.32. The Hall–Kier alpha value is -2.16. The number of rotatable bonds is 1. The number of phenols is 1. The van der Waals surface area contributed by atoms with Crippen LogP contribution in [0.3, 0.4) is 0 Å². The first-order valence-corrected chi connectivity index (χ1v) is 9.51. The second-order valence-electron chi connectivity index (χ2n) is 6.58. The number of fused-ring (bicyclic) bond motifs is 1. The molecule has 0 saturated heterocycles. The average molecular weight is 455 g/mol. The van der Waals surface area contributed by atoms with E-state index < -0.39 is 30.1 Å². The van der Waals surface area contributed by atoms with Gasteiger partial charge in [0, 0.05) is 17.5 Å². The third-order valence-electron chi connectivity index (χ3n) is 4.59. The van der Waals surface area contributed by atoms with Gasteiger partial charge in [0.2, 0.25) is 0 Å². The van der Waals surface area contributed by atoms with Crippen molar-refractivity contribution in [2.75, 3.05) is 7.11 Å². The van der Waals surface area contributed by atoms with Crippen LogP contribution in [-0.2, 0) is 9.53 Å². The molecule has 1 aliphatic rings. The predicted octanol–water partition coefficient (Wildman–Crippen LogP) is 2.61. The first kappa shape index (κ1) is 22.1. The van der Waals surface area contributed by atoms with Crippen LogP contribution in [-0.4, -0.2) is 52.5 Å². The number of carbonyl (C=O) groups is 2. The fraction of sp³-hybridized carbons (Fsp3) is 0.400. The van der Waals surface area contributed by atoms with Gasteiger partial charge in [-0.1, -0.05) is 25.2 Å². The van der Waals surface area contributed by atoms with E-state index in [9.17, 15) is 24.9 Å². The number of ether oxygens (including phenoxy) is 2. The van der Waals surface area contributed by atoms with Crippen molar-refractivity contribution in [2.45, 2.75) is 38.6 Å². The zero-order chi connectivity index (χ0) is 21.0. The van der Waals surface area contributed by atoms with Crippen molar-refractivity contribution in [3.63, 3.8) is 0 Å². The SMILES string of the molecule is COc1cc(O)c2c(c1Br)/C=C/C[C@H](O)C(O)C(=O)/C=C\[C@@H](C)[C@H](C)OC2=O. The van der Waals surface area contributed by atoms with Gasteiger partial charge in [-0.25, -0.2) is 4.79 Å². The molecule has 4 atom stereocenters. The summed E-state index contributed by atoms with van der Waals surface area (Å²) in [6.07, 6.45) is 2.09. The van der Waals surface area contributed by atoms with E-state index in [4.69, 9.17) is 9.47 Å². The Labute approximate surface area is 171 Å². The molecular weight excluding hydrogens is 432 g/mol. The van der Waals surface area contributed by atoms with Gasteiger partial charge in [-0.15, -0.1) is 0 Å². The van der Waals surface area contributed by atoms with Gasteiger partial charge in [-0.3, -0.25) is 4.79 Å². The minimum absolute atomic E-state index is 0.0500. The number of halogens is 1. The first-order valence-electron chi connectivity index (χ1n) is 8.72. The monoisotopic (exact) mass is 454 g/mol. The summed E-state index contributed by atoms with van der Waals surface area (Å²) in [6.45, 7) is 3.39. The largest absolute Gasteiger partial charge is 0.507 e. The summed E-state index contributed by atoms with van der Waals surface area (Å²) in [4.78, 5) is 24.7. The Bertz CT molecular complexity index is 815. The Kier molecular flexibility index (Phi) is 7.40. The van der Waals surface area contributed by atoms with Gasteiger partial charge >= 0.3 is 5.97 Å². The van der Waals surface area contributed by atoms with E-state index in [-0.39, 0.29) is 23.7 Å². The molecule has 1 unspecified atom stereocenters. The molecule has 3 N–H and O–H groups in total. The molecular formula is C20H23BrO7. The second kappa shape index (κ2) is 9.36. The third kappa shape index (κ3) is 4.81. The number of ketones is 1. The normalized spacial score (nSPS) is 28.6. The number of aliphatic hydroxyl groups is 2. The molecule has 1 aromatic rings. The van der Waals surface area contributed by atoms with Gasteiger partial charge in [0.1, 0.15) is 29.3 Å². The lowest BCUT2D eigenvalue weighted by Gasteiger charge is -2.20. The van der Waals surface area contributed by atoms with E-state index in [1.165, 1.54) is 37.5 Å². The van der Waals surface area contributed by atoms with Crippen LogP contribution in [0.25, 0.3) is 6.08 Å². The van der Waals surface area contributed by atoms with Crippen molar-refractivity contribution >= 4 is 33.8 Å². The molecule has 28 heavy (non-hydrogen) atoms. The average Bonchev–Trinajstić information content (AvgIpc) is 2.66. The number of carbonyl (C=O) groups excluding carboxylic acids is 2. The second-order valence-corrected chi connectivity index (χ2v) is 7.37. The van der Waals surface area contributed by atoms with Gasteiger partial charge in [-0.2, -0.15) is 0 Å². The number of phenolic OH excluding ortho intramolecular Hbond substituents is 1. The fourth-order valence-electron chi connectivity index (χ4n) is 2.64. The van der Waals surface area contributed by atoms with Crippen LogP contribution in [0.1, 0.15) is 36.2 Å². The fourth-order valence-corrected chi connectivity index (χ4v) is 3.25. The molecule has 8 heteroatoms. The Morgan fingerprint density at radius 3 is 2.54 bits per heavy atom. The quantitative estimate of drug-likeness (QED) is 0.558. The number of methoxy groups -OCH3 is 1. The van der Waals surface area contributed by atoms with Crippen molar-refractivity contribution in [2.24, 2.45) is 5.92 Å². The first-order chi connectivity index (χ1) is 13.2. The van der Waals surface area contributed by atoms with E-state index in [0.29, 0.717) is 15.8 Å². The highest BCUT2D eigenvalue weighted by molar-refractivity contribution is 9.10. The molecule has 0 bridgehead atoms. The molecule has 0 amide bonds. The minimum Gasteiger partial charge on any atom is -0.507 e. The minimum atomic E-state index is -1.57. The molecule has 7 nitrogen and oxygen atoms in total. The Morgan fingerprint density at radius 2 is 1.89 bits per heavy atom. The molecule has 0 radical (unpaired) electrons. The van der Waals surface area contributed by atoms with Crippen LogP contribution >= 0.6 is 15.9 Å². The summed E-state index contributed by atoms with van der Waals surface area (Å²) in [7, 11) is 1.42. The van der Waals surface area contributed by atoms with Crippen molar-refractivity contribution in [1.29, 1.82) is 0 Å². The standard InChI is InChI=1S/C20H23BrO7/c1-10-7-8-14(23)19(25)13(22)6-4-5-12-17(20(26)28-11(10)2)15(24)9-16(27-3)18(12)21/h4-5,7-11,13,19,22,24-25H,6H2,1-3H3/b5-4+,8-7-/t10-,11+,13+,19?/m1/s1. The maximum atomic E-state index is 12.7. The summed E-state index contributed by atoms with van der Waals surface area (Å²) in [5, 5.41) is 30.4. The molecule has 0 saturated carbocycles. The third-order valence-corrected chi connectivity index (χ3v) is 5.40. The molecule has 152 valence electrons. The van der Waals surface area contributed by atoms with E-state index in [1.54, 1.807) is 13.8 Å². The molecule has 0 aliphatic carbocycles. The van der Waals surface area contributed by atoms with Crippen molar-refractivity contribution in [1.82, 2.24) is 0 Å². The number of benzene rings is 1. The summed E-state index contributed by atoms with van der Waals surface area (Å²) in [5.74, 6) is -1.73. The molecule has 2 rings (SSSR count).